The van der Waals surface area contributed by atoms with Crippen LogP contribution in [0.15, 0.2) is 30.3 Å². The molecule has 0 aromatic heterocycles. The molecule has 2 rings (SSSR count). The second-order valence-corrected chi connectivity index (χ2v) is 7.30. The van der Waals surface area contributed by atoms with Crippen LogP contribution >= 0.6 is 24.2 Å². The van der Waals surface area contributed by atoms with Crippen LogP contribution in [0.1, 0.15) is 44.1 Å². The van der Waals surface area contributed by atoms with Gasteiger partial charge in [-0.1, -0.05) is 49.6 Å². The maximum atomic E-state index is 12.2. The molecular weight excluding hydrogens is 328 g/mol. The normalized spacial score (nSPS) is 17.8. The fourth-order valence-corrected chi connectivity index (χ4v) is 3.84. The van der Waals surface area contributed by atoms with Crippen molar-refractivity contribution >= 4 is 30.1 Å². The summed E-state index contributed by atoms with van der Waals surface area (Å²) in [5.74, 6) is 0.924. The lowest BCUT2D eigenvalue weighted by Gasteiger charge is -2.38. The number of amides is 1. The Morgan fingerprint density at radius 1 is 1.26 bits per heavy atom. The monoisotopic (exact) mass is 356 g/mol. The van der Waals surface area contributed by atoms with Crippen LogP contribution in [0.4, 0.5) is 0 Å². The van der Waals surface area contributed by atoms with Gasteiger partial charge in [-0.3, -0.25) is 4.79 Å². The minimum Gasteiger partial charge on any atom is -0.354 e. The average Bonchev–Trinajstić information content (AvgIpc) is 2.59. The number of hydrogen-bond acceptors (Lipinski definition) is 3. The number of nitrogens with two attached hydrogens (primary N) is 1. The van der Waals surface area contributed by atoms with Gasteiger partial charge >= 0.3 is 0 Å². The molecule has 130 valence electrons. The van der Waals surface area contributed by atoms with Gasteiger partial charge in [0.05, 0.1) is 6.04 Å². The molecule has 0 heterocycles. The van der Waals surface area contributed by atoms with E-state index in [-0.39, 0.29) is 29.8 Å². The summed E-state index contributed by atoms with van der Waals surface area (Å²) in [6.07, 6.45) is 8.86. The molecule has 1 aliphatic rings. The number of hydrogen-bond donors (Lipinski definition) is 2. The van der Waals surface area contributed by atoms with E-state index in [0.29, 0.717) is 6.54 Å². The zero-order valence-corrected chi connectivity index (χ0v) is 15.6. The summed E-state index contributed by atoms with van der Waals surface area (Å²) in [4.78, 5) is 12.2. The van der Waals surface area contributed by atoms with Crippen molar-refractivity contribution in [3.05, 3.63) is 35.9 Å². The molecule has 3 N–H and O–H groups in total. The third kappa shape index (κ3) is 5.70. The van der Waals surface area contributed by atoms with Crippen LogP contribution in [0.2, 0.25) is 0 Å². The van der Waals surface area contributed by atoms with Crippen LogP contribution in [0.5, 0.6) is 0 Å². The number of carbonyl (C=O) groups excluding carboxylic acids is 1. The third-order valence-electron chi connectivity index (χ3n) is 4.77. The second-order valence-electron chi connectivity index (χ2n) is 6.31. The number of nitrogens with one attached hydrogen (secondary N) is 1. The maximum Gasteiger partial charge on any atom is 0.236 e. The fraction of sp³-hybridized carbons (Fsp3) is 0.611. The lowest BCUT2D eigenvalue weighted by Crippen LogP contribution is -2.47. The molecular formula is C18H29ClN2OS. The largest absolute Gasteiger partial charge is 0.354 e. The molecule has 1 aliphatic carbocycles. The lowest BCUT2D eigenvalue weighted by molar-refractivity contribution is -0.122. The molecule has 0 radical (unpaired) electrons. The van der Waals surface area contributed by atoms with Gasteiger partial charge in [-0.25, -0.2) is 0 Å². The van der Waals surface area contributed by atoms with Crippen molar-refractivity contribution in [3.63, 3.8) is 0 Å². The highest BCUT2D eigenvalue weighted by Gasteiger charge is 2.34. The zero-order valence-electron chi connectivity index (χ0n) is 13.9. The number of carbonyl (C=O) groups is 1. The average molecular weight is 357 g/mol. The molecule has 0 spiro atoms. The Morgan fingerprint density at radius 2 is 1.91 bits per heavy atom. The predicted molar refractivity (Wildman–Crippen MR) is 102 cm³/mol. The number of halogens is 1. The van der Waals surface area contributed by atoms with Gasteiger partial charge in [0.2, 0.25) is 5.91 Å². The highest BCUT2D eigenvalue weighted by atomic mass is 35.5. The quantitative estimate of drug-likeness (QED) is 0.786. The summed E-state index contributed by atoms with van der Waals surface area (Å²) in [5.41, 5.74) is 7.42. The number of rotatable bonds is 7. The summed E-state index contributed by atoms with van der Waals surface area (Å²) in [7, 11) is 0. The van der Waals surface area contributed by atoms with Crippen molar-refractivity contribution in [1.82, 2.24) is 5.32 Å². The molecule has 1 aromatic rings. The van der Waals surface area contributed by atoms with E-state index in [9.17, 15) is 4.79 Å². The van der Waals surface area contributed by atoms with Crippen LogP contribution in [0.3, 0.4) is 0 Å². The first-order chi connectivity index (χ1) is 10.7. The summed E-state index contributed by atoms with van der Waals surface area (Å²) in [6.45, 7) is 0.711. The first kappa shape index (κ1) is 20.3. The Balaban J connectivity index is 0.00000264. The van der Waals surface area contributed by atoms with Gasteiger partial charge in [-0.2, -0.15) is 11.8 Å². The smallest absolute Gasteiger partial charge is 0.236 e. The molecule has 1 fully saturated rings. The topological polar surface area (TPSA) is 55.1 Å². The molecule has 3 nitrogen and oxygen atoms in total. The molecule has 0 aliphatic heterocycles. The van der Waals surface area contributed by atoms with Gasteiger partial charge < -0.3 is 11.1 Å². The number of thioether (sulfide) groups is 1. The van der Waals surface area contributed by atoms with Gasteiger partial charge in [0.15, 0.2) is 0 Å². The van der Waals surface area contributed by atoms with Crippen molar-refractivity contribution in [2.75, 3.05) is 18.6 Å². The van der Waals surface area contributed by atoms with E-state index < -0.39 is 0 Å². The van der Waals surface area contributed by atoms with Crippen molar-refractivity contribution in [1.29, 1.82) is 0 Å². The highest BCUT2D eigenvalue weighted by molar-refractivity contribution is 7.98. The van der Waals surface area contributed by atoms with Crippen LogP contribution in [-0.2, 0) is 10.2 Å². The molecule has 1 aromatic carbocycles. The second kappa shape index (κ2) is 10.2. The minimum absolute atomic E-state index is 0. The summed E-state index contributed by atoms with van der Waals surface area (Å²) in [6, 6.07) is 10.3. The summed E-state index contributed by atoms with van der Waals surface area (Å²) < 4.78 is 0. The molecule has 0 unspecified atom stereocenters. The molecule has 1 amide bonds. The molecule has 1 saturated carbocycles. The Bertz CT molecular complexity index is 463. The van der Waals surface area contributed by atoms with E-state index in [1.807, 2.05) is 6.26 Å². The maximum absolute atomic E-state index is 12.2. The zero-order chi connectivity index (χ0) is 15.8. The molecule has 23 heavy (non-hydrogen) atoms. The van der Waals surface area contributed by atoms with Crippen molar-refractivity contribution in [2.24, 2.45) is 5.73 Å². The van der Waals surface area contributed by atoms with Crippen LogP contribution < -0.4 is 11.1 Å². The van der Waals surface area contributed by atoms with Gasteiger partial charge in [0.25, 0.3) is 0 Å². The van der Waals surface area contributed by atoms with E-state index in [2.05, 4.69) is 35.6 Å². The van der Waals surface area contributed by atoms with Gasteiger partial charge in [-0.05, 0) is 36.8 Å². The predicted octanol–water partition coefficient (Wildman–Crippen LogP) is 3.51. The van der Waals surface area contributed by atoms with E-state index in [1.54, 1.807) is 11.8 Å². The molecule has 0 bridgehead atoms. The van der Waals surface area contributed by atoms with E-state index >= 15 is 0 Å². The van der Waals surface area contributed by atoms with Crippen LogP contribution in [-0.4, -0.2) is 30.5 Å². The fourth-order valence-electron chi connectivity index (χ4n) is 3.35. The minimum atomic E-state index is -0.385. The van der Waals surface area contributed by atoms with Crippen LogP contribution in [0, 0.1) is 0 Å². The Morgan fingerprint density at radius 3 is 2.52 bits per heavy atom. The molecule has 0 saturated heterocycles. The van der Waals surface area contributed by atoms with Crippen molar-refractivity contribution in [3.8, 4) is 0 Å². The highest BCUT2D eigenvalue weighted by Crippen LogP contribution is 2.38. The first-order valence-corrected chi connectivity index (χ1v) is 9.65. The Hall–Kier alpha value is -0.710. The standard InChI is InChI=1S/C18H28N2OS.ClH/c1-22-13-10-16(19)17(21)20-14-18(11-6-3-7-12-18)15-8-4-2-5-9-15;/h2,4-5,8-9,16H,3,6-7,10-14,19H2,1H3,(H,20,21);1H/t16-;/m0./s1. The van der Waals surface area contributed by atoms with Gasteiger partial charge in [0.1, 0.15) is 0 Å². The first-order valence-electron chi connectivity index (χ1n) is 8.26. The van der Waals surface area contributed by atoms with Crippen molar-refractivity contribution < 1.29 is 4.79 Å². The third-order valence-corrected chi connectivity index (χ3v) is 5.41. The van der Waals surface area contributed by atoms with Crippen molar-refractivity contribution in [2.45, 2.75) is 50.0 Å². The Kier molecular flexibility index (Phi) is 9.03. The van der Waals surface area contributed by atoms with E-state index in [0.717, 1.165) is 25.0 Å². The van der Waals surface area contributed by atoms with Gasteiger partial charge in [-0.15, -0.1) is 12.4 Å². The van der Waals surface area contributed by atoms with E-state index in [1.165, 1.54) is 24.8 Å². The summed E-state index contributed by atoms with van der Waals surface area (Å²) >= 11 is 1.73. The summed E-state index contributed by atoms with van der Waals surface area (Å²) in [5, 5.41) is 3.13. The van der Waals surface area contributed by atoms with Gasteiger partial charge in [0, 0.05) is 12.0 Å². The SMILES string of the molecule is CSCC[C@H](N)C(=O)NCC1(c2ccccc2)CCCCC1.Cl. The molecule has 5 heteroatoms. The number of benzene rings is 1. The Labute approximate surface area is 150 Å². The lowest BCUT2D eigenvalue weighted by atomic mass is 9.69. The molecule has 1 atom stereocenters. The van der Waals surface area contributed by atoms with Crippen LogP contribution in [0.25, 0.3) is 0 Å². The van der Waals surface area contributed by atoms with E-state index in [4.69, 9.17) is 5.73 Å².